The van der Waals surface area contributed by atoms with E-state index >= 15 is 0 Å². The summed E-state index contributed by atoms with van der Waals surface area (Å²) in [5.74, 6) is 0.272. The third-order valence-electron chi connectivity index (χ3n) is 5.27. The van der Waals surface area contributed by atoms with Gasteiger partial charge in [-0.1, -0.05) is 0 Å². The summed E-state index contributed by atoms with van der Waals surface area (Å²) in [7, 11) is 2.80. The number of carbonyl (C=O) groups excluding carboxylic acids is 2. The van der Waals surface area contributed by atoms with Crippen molar-refractivity contribution < 1.29 is 27.9 Å². The fourth-order valence-corrected chi connectivity index (χ4v) is 3.65. The highest BCUT2D eigenvalue weighted by molar-refractivity contribution is 5.92. The van der Waals surface area contributed by atoms with Gasteiger partial charge in [0.25, 0.3) is 0 Å². The van der Waals surface area contributed by atoms with Crippen LogP contribution in [0.2, 0.25) is 0 Å². The predicted octanol–water partition coefficient (Wildman–Crippen LogP) is 2.54. The van der Waals surface area contributed by atoms with Crippen molar-refractivity contribution in [1.82, 2.24) is 15.3 Å². The molecule has 0 saturated carbocycles. The molecule has 1 unspecified atom stereocenters. The number of esters is 1. The fraction of sp³-hybridized carbons (Fsp3) is 0.250. The van der Waals surface area contributed by atoms with E-state index in [9.17, 15) is 14.4 Å². The summed E-state index contributed by atoms with van der Waals surface area (Å²) in [5.41, 5.74) is 1.53. The van der Waals surface area contributed by atoms with Gasteiger partial charge in [-0.3, -0.25) is 9.59 Å². The minimum Gasteiger partial charge on any atom is -0.497 e. The van der Waals surface area contributed by atoms with E-state index in [0.29, 0.717) is 34.1 Å². The standard InChI is InChI=1S/C24H23N3O7/c1-13-8-19(28)23-22(33-13)17(21(34-23)14-4-6-16(31-2)7-5-14)10-20(29)27-18(24(30)32-3)9-15-11-25-12-26-15/h4-8,11-12,18H,9-10H2,1-3H3,(H,25,26)(H,27,29). The van der Waals surface area contributed by atoms with Gasteiger partial charge in [0.05, 0.1) is 32.5 Å². The number of aryl methyl sites for hydroxylation is 1. The largest absolute Gasteiger partial charge is 0.497 e. The summed E-state index contributed by atoms with van der Waals surface area (Å²) in [5, 5.41) is 2.69. The lowest BCUT2D eigenvalue weighted by atomic mass is 10.0. The van der Waals surface area contributed by atoms with Crippen LogP contribution in [0.1, 0.15) is 17.0 Å². The minimum absolute atomic E-state index is 0.0150. The normalized spacial score (nSPS) is 11.9. The molecule has 0 aliphatic carbocycles. The zero-order valence-electron chi connectivity index (χ0n) is 18.8. The number of nitrogens with zero attached hydrogens (tertiary/aromatic N) is 1. The van der Waals surface area contributed by atoms with Gasteiger partial charge in [0.2, 0.25) is 16.9 Å². The van der Waals surface area contributed by atoms with E-state index in [4.69, 9.17) is 18.3 Å². The van der Waals surface area contributed by atoms with Crippen LogP contribution >= 0.6 is 0 Å². The predicted molar refractivity (Wildman–Crippen MR) is 121 cm³/mol. The summed E-state index contributed by atoms with van der Waals surface area (Å²) < 4.78 is 21.7. The van der Waals surface area contributed by atoms with Crippen molar-refractivity contribution in [2.24, 2.45) is 0 Å². The maximum absolute atomic E-state index is 13.0. The molecule has 0 radical (unpaired) electrons. The van der Waals surface area contributed by atoms with Crippen LogP contribution in [-0.4, -0.2) is 42.1 Å². The van der Waals surface area contributed by atoms with E-state index in [1.54, 1.807) is 44.5 Å². The zero-order chi connectivity index (χ0) is 24.2. The Morgan fingerprint density at radius 3 is 2.56 bits per heavy atom. The lowest BCUT2D eigenvalue weighted by molar-refractivity contribution is -0.145. The first-order chi connectivity index (χ1) is 16.4. The maximum Gasteiger partial charge on any atom is 0.328 e. The van der Waals surface area contributed by atoms with Crippen molar-refractivity contribution >= 4 is 23.0 Å². The molecule has 10 nitrogen and oxygen atoms in total. The van der Waals surface area contributed by atoms with E-state index in [-0.39, 0.29) is 29.4 Å². The van der Waals surface area contributed by atoms with Crippen LogP contribution in [0, 0.1) is 6.92 Å². The Labute approximate surface area is 193 Å². The summed E-state index contributed by atoms with van der Waals surface area (Å²) in [6.07, 6.45) is 3.01. The van der Waals surface area contributed by atoms with E-state index < -0.39 is 17.9 Å². The van der Waals surface area contributed by atoms with Gasteiger partial charge in [-0.15, -0.1) is 0 Å². The van der Waals surface area contributed by atoms with Gasteiger partial charge in [0, 0.05) is 29.9 Å². The van der Waals surface area contributed by atoms with Crippen molar-refractivity contribution in [3.63, 3.8) is 0 Å². The number of methoxy groups -OCH3 is 2. The Kier molecular flexibility index (Phi) is 6.48. The Balaban J connectivity index is 1.69. The van der Waals surface area contributed by atoms with Gasteiger partial charge in [-0.25, -0.2) is 9.78 Å². The monoisotopic (exact) mass is 465 g/mol. The number of ether oxygens (including phenoxy) is 2. The van der Waals surface area contributed by atoms with Gasteiger partial charge >= 0.3 is 5.97 Å². The van der Waals surface area contributed by atoms with Gasteiger partial charge < -0.3 is 28.6 Å². The number of hydrogen-bond acceptors (Lipinski definition) is 8. The highest BCUT2D eigenvalue weighted by atomic mass is 16.5. The SMILES string of the molecule is COC(=O)C(Cc1cnc[nH]1)NC(=O)Cc1c(-c2ccc(OC)cc2)oc2c(=O)cc(C)oc12. The van der Waals surface area contributed by atoms with Crippen molar-refractivity contribution in [1.29, 1.82) is 0 Å². The Morgan fingerprint density at radius 1 is 1.15 bits per heavy atom. The van der Waals surface area contributed by atoms with Crippen molar-refractivity contribution in [3.05, 3.63) is 70.1 Å². The van der Waals surface area contributed by atoms with Crippen LogP contribution in [0.15, 0.2) is 56.5 Å². The third-order valence-corrected chi connectivity index (χ3v) is 5.27. The fourth-order valence-electron chi connectivity index (χ4n) is 3.65. The topological polar surface area (TPSA) is 137 Å². The number of fused-ring (bicyclic) bond motifs is 1. The number of aromatic amines is 1. The van der Waals surface area contributed by atoms with Gasteiger partial charge in [0.15, 0.2) is 5.58 Å². The van der Waals surface area contributed by atoms with E-state index in [0.717, 1.165) is 0 Å². The smallest absolute Gasteiger partial charge is 0.328 e. The minimum atomic E-state index is -0.936. The molecular formula is C24H23N3O7. The Bertz CT molecular complexity index is 1370. The summed E-state index contributed by atoms with van der Waals surface area (Å²) in [6.45, 7) is 1.64. The number of furan rings is 1. The molecule has 0 bridgehead atoms. The number of imidazole rings is 1. The first-order valence-corrected chi connectivity index (χ1v) is 10.4. The summed E-state index contributed by atoms with van der Waals surface area (Å²) in [4.78, 5) is 44.6. The molecule has 1 amide bonds. The average Bonchev–Trinajstić information content (AvgIpc) is 3.46. The number of carbonyl (C=O) groups is 2. The number of nitrogens with one attached hydrogen (secondary N) is 2. The van der Waals surface area contributed by atoms with E-state index in [2.05, 4.69) is 15.3 Å². The number of benzene rings is 1. The van der Waals surface area contributed by atoms with E-state index in [1.807, 2.05) is 0 Å². The summed E-state index contributed by atoms with van der Waals surface area (Å²) in [6, 6.07) is 7.38. The molecule has 3 heterocycles. The second-order valence-electron chi connectivity index (χ2n) is 7.62. The van der Waals surface area contributed by atoms with Crippen LogP contribution in [0.4, 0.5) is 0 Å². The lowest BCUT2D eigenvalue weighted by Crippen LogP contribution is -2.43. The van der Waals surface area contributed by atoms with Crippen LogP contribution in [0.3, 0.4) is 0 Å². The van der Waals surface area contributed by atoms with Crippen molar-refractivity contribution in [3.8, 4) is 17.1 Å². The molecule has 3 aromatic heterocycles. The number of H-pyrrole nitrogens is 1. The molecule has 1 aromatic carbocycles. The second-order valence-corrected chi connectivity index (χ2v) is 7.62. The van der Waals surface area contributed by atoms with Crippen LogP contribution in [0.5, 0.6) is 5.75 Å². The molecule has 1 atom stereocenters. The molecule has 34 heavy (non-hydrogen) atoms. The highest BCUT2D eigenvalue weighted by Crippen LogP contribution is 2.34. The molecule has 0 aliphatic rings. The third kappa shape index (κ3) is 4.70. The van der Waals surface area contributed by atoms with Gasteiger partial charge in [-0.2, -0.15) is 0 Å². The van der Waals surface area contributed by atoms with Crippen LogP contribution < -0.4 is 15.5 Å². The van der Waals surface area contributed by atoms with Crippen LogP contribution in [0.25, 0.3) is 22.5 Å². The maximum atomic E-state index is 13.0. The number of rotatable bonds is 8. The molecule has 10 heteroatoms. The molecule has 0 fully saturated rings. The number of amides is 1. The molecule has 4 rings (SSSR count). The Hall–Kier alpha value is -4.34. The molecule has 176 valence electrons. The van der Waals surface area contributed by atoms with E-state index in [1.165, 1.54) is 19.5 Å². The zero-order valence-corrected chi connectivity index (χ0v) is 18.8. The van der Waals surface area contributed by atoms with Crippen LogP contribution in [-0.2, 0) is 27.2 Å². The van der Waals surface area contributed by atoms with Gasteiger partial charge in [0.1, 0.15) is 23.3 Å². The summed E-state index contributed by atoms with van der Waals surface area (Å²) >= 11 is 0. The highest BCUT2D eigenvalue weighted by Gasteiger charge is 2.26. The molecule has 0 aliphatic heterocycles. The number of aromatic nitrogens is 2. The first kappa shape index (κ1) is 22.8. The lowest BCUT2D eigenvalue weighted by Gasteiger charge is -2.15. The molecule has 2 N–H and O–H groups in total. The quantitative estimate of drug-likeness (QED) is 0.379. The second kappa shape index (κ2) is 9.65. The van der Waals surface area contributed by atoms with Crippen molar-refractivity contribution in [2.45, 2.75) is 25.8 Å². The molecule has 0 spiro atoms. The van der Waals surface area contributed by atoms with Gasteiger partial charge in [-0.05, 0) is 31.2 Å². The molecule has 4 aromatic rings. The average molecular weight is 465 g/mol. The first-order valence-electron chi connectivity index (χ1n) is 10.4. The molecule has 0 saturated heterocycles. The Morgan fingerprint density at radius 2 is 1.91 bits per heavy atom. The number of hydrogen-bond donors (Lipinski definition) is 2. The van der Waals surface area contributed by atoms with Crippen molar-refractivity contribution in [2.75, 3.05) is 14.2 Å². The molecular weight excluding hydrogens is 442 g/mol.